The van der Waals surface area contributed by atoms with E-state index in [4.69, 9.17) is 21.1 Å². The monoisotopic (exact) mass is 346 g/mol. The average Bonchev–Trinajstić information content (AvgIpc) is 3.18. The number of amidine groups is 1. The van der Waals surface area contributed by atoms with Crippen LogP contribution in [0.2, 0.25) is 0 Å². The Kier molecular flexibility index (Phi) is 3.70. The molecule has 8 nitrogen and oxygen atoms in total. The van der Waals surface area contributed by atoms with E-state index in [0.717, 1.165) is 10.8 Å². The summed E-state index contributed by atoms with van der Waals surface area (Å²) in [7, 11) is 0. The fourth-order valence-electron chi connectivity index (χ4n) is 2.67. The quantitative estimate of drug-likeness (QED) is 0.224. The van der Waals surface area contributed by atoms with Crippen LogP contribution in [0.15, 0.2) is 64.3 Å². The molecule has 4 aromatic rings. The van der Waals surface area contributed by atoms with E-state index in [1.807, 2.05) is 24.3 Å². The number of rotatable bonds is 3. The van der Waals surface area contributed by atoms with Crippen molar-refractivity contribution in [2.75, 3.05) is 5.73 Å². The first kappa shape index (κ1) is 15.6. The van der Waals surface area contributed by atoms with Crippen LogP contribution in [0.4, 0.5) is 5.82 Å². The van der Waals surface area contributed by atoms with E-state index < -0.39 is 0 Å². The zero-order valence-corrected chi connectivity index (χ0v) is 13.5. The highest BCUT2D eigenvalue weighted by Crippen LogP contribution is 2.31. The molecule has 128 valence electrons. The highest BCUT2D eigenvalue weighted by Gasteiger charge is 2.15. The van der Waals surface area contributed by atoms with Crippen molar-refractivity contribution in [3.63, 3.8) is 0 Å². The maximum Gasteiger partial charge on any atom is 0.250 e. The zero-order chi connectivity index (χ0) is 18.1. The molecule has 0 amide bonds. The Morgan fingerprint density at radius 1 is 0.962 bits per heavy atom. The van der Waals surface area contributed by atoms with Crippen molar-refractivity contribution in [1.82, 2.24) is 15.2 Å². The Balaban J connectivity index is 1.74. The number of hydrogen-bond donors (Lipinski definition) is 3. The molecule has 0 aliphatic heterocycles. The van der Waals surface area contributed by atoms with Crippen LogP contribution in [0.3, 0.4) is 0 Å². The van der Waals surface area contributed by atoms with Crippen molar-refractivity contribution < 1.29 is 9.62 Å². The van der Waals surface area contributed by atoms with Gasteiger partial charge in [-0.2, -0.15) is 0 Å². The molecule has 0 spiro atoms. The molecule has 0 aliphatic carbocycles. The second kappa shape index (κ2) is 6.17. The minimum Gasteiger partial charge on any atom is -0.416 e. The third-order valence-electron chi connectivity index (χ3n) is 4.02. The van der Waals surface area contributed by atoms with Crippen molar-refractivity contribution >= 4 is 22.4 Å². The third-order valence-corrected chi connectivity index (χ3v) is 4.02. The number of nitrogens with zero attached hydrogens (tertiary/aromatic N) is 4. The number of nitrogens with two attached hydrogens (primary N) is 2. The van der Waals surface area contributed by atoms with Crippen LogP contribution in [0.5, 0.6) is 0 Å². The van der Waals surface area contributed by atoms with E-state index in [1.54, 1.807) is 30.5 Å². The number of hydrogen-bond acceptors (Lipinski definition) is 7. The van der Waals surface area contributed by atoms with Crippen molar-refractivity contribution in [2.45, 2.75) is 0 Å². The van der Waals surface area contributed by atoms with Crippen LogP contribution in [0, 0.1) is 0 Å². The van der Waals surface area contributed by atoms with Gasteiger partial charge in [-0.15, -0.1) is 10.2 Å². The zero-order valence-electron chi connectivity index (χ0n) is 13.5. The lowest BCUT2D eigenvalue weighted by Crippen LogP contribution is -2.12. The molecule has 2 aromatic carbocycles. The molecule has 0 unspecified atom stereocenters. The number of pyridine rings is 1. The molecule has 0 saturated heterocycles. The van der Waals surface area contributed by atoms with Crippen LogP contribution in [-0.4, -0.2) is 26.2 Å². The summed E-state index contributed by atoms with van der Waals surface area (Å²) in [6, 6.07) is 14.5. The molecule has 0 atom stereocenters. The lowest BCUT2D eigenvalue weighted by molar-refractivity contribution is 0.318. The lowest BCUT2D eigenvalue weighted by atomic mass is 10.1. The Morgan fingerprint density at radius 2 is 1.65 bits per heavy atom. The number of benzene rings is 2. The Labute approximate surface area is 147 Å². The highest BCUT2D eigenvalue weighted by atomic mass is 16.4. The van der Waals surface area contributed by atoms with Crippen molar-refractivity contribution in [1.29, 1.82) is 0 Å². The summed E-state index contributed by atoms with van der Waals surface area (Å²) >= 11 is 0. The molecule has 0 saturated carbocycles. The predicted molar refractivity (Wildman–Crippen MR) is 97.4 cm³/mol. The first-order chi connectivity index (χ1) is 12.7. The van der Waals surface area contributed by atoms with E-state index >= 15 is 0 Å². The first-order valence-electron chi connectivity index (χ1n) is 7.73. The average molecular weight is 346 g/mol. The standard InChI is InChI=1S/C18H14N6O2/c19-15(24-25)10-5-7-11(8-6-10)17-22-23-18(26-17)14-9-21-16(20)13-4-2-1-3-12(13)14/h1-9,25H,(H2,19,24)(H2,20,21). The van der Waals surface area contributed by atoms with Gasteiger partial charge in [0.1, 0.15) is 5.82 Å². The molecule has 26 heavy (non-hydrogen) atoms. The molecule has 2 aromatic heterocycles. The van der Waals surface area contributed by atoms with Crippen LogP contribution >= 0.6 is 0 Å². The summed E-state index contributed by atoms with van der Waals surface area (Å²) in [6.07, 6.45) is 1.62. The second-order valence-electron chi connectivity index (χ2n) is 5.58. The van der Waals surface area contributed by atoms with Gasteiger partial charge in [-0.3, -0.25) is 0 Å². The van der Waals surface area contributed by atoms with E-state index in [0.29, 0.717) is 34.3 Å². The summed E-state index contributed by atoms with van der Waals surface area (Å²) < 4.78 is 5.82. The van der Waals surface area contributed by atoms with Crippen molar-refractivity contribution in [3.05, 3.63) is 60.3 Å². The van der Waals surface area contributed by atoms with Gasteiger partial charge in [0, 0.05) is 22.7 Å². The van der Waals surface area contributed by atoms with Crippen molar-refractivity contribution in [3.8, 4) is 22.9 Å². The predicted octanol–water partition coefficient (Wildman–Crippen LogP) is 2.63. The van der Waals surface area contributed by atoms with Gasteiger partial charge in [-0.25, -0.2) is 4.98 Å². The van der Waals surface area contributed by atoms with Crippen LogP contribution in [-0.2, 0) is 0 Å². The Bertz CT molecular complexity index is 1120. The maximum atomic E-state index is 8.72. The summed E-state index contributed by atoms with van der Waals surface area (Å²) in [4.78, 5) is 4.21. The minimum atomic E-state index is 0.0298. The van der Waals surface area contributed by atoms with Crippen LogP contribution in [0.25, 0.3) is 33.7 Å². The van der Waals surface area contributed by atoms with E-state index in [-0.39, 0.29) is 5.84 Å². The largest absolute Gasteiger partial charge is 0.416 e. The van der Waals surface area contributed by atoms with Gasteiger partial charge in [0.15, 0.2) is 5.84 Å². The minimum absolute atomic E-state index is 0.0298. The summed E-state index contributed by atoms with van der Waals surface area (Å²) in [5.41, 5.74) is 13.5. The molecule has 0 radical (unpaired) electrons. The van der Waals surface area contributed by atoms with Gasteiger partial charge < -0.3 is 21.1 Å². The van der Waals surface area contributed by atoms with Crippen LogP contribution < -0.4 is 11.5 Å². The van der Waals surface area contributed by atoms with Crippen LogP contribution in [0.1, 0.15) is 5.56 Å². The fraction of sp³-hybridized carbons (Fsp3) is 0. The summed E-state index contributed by atoms with van der Waals surface area (Å²) in [5, 5.41) is 21.6. The molecule has 4 rings (SSSR count). The SMILES string of the molecule is N/C(=N\O)c1ccc(-c2nnc(-c3cnc(N)c4ccccc34)o2)cc1. The van der Waals surface area contributed by atoms with E-state index in [2.05, 4.69) is 20.3 Å². The highest BCUT2D eigenvalue weighted by molar-refractivity contribution is 6.00. The summed E-state index contributed by atoms with van der Waals surface area (Å²) in [5.74, 6) is 1.18. The van der Waals surface area contributed by atoms with Crippen molar-refractivity contribution in [2.24, 2.45) is 10.9 Å². The maximum absolute atomic E-state index is 8.72. The van der Waals surface area contributed by atoms with E-state index in [1.165, 1.54) is 0 Å². The topological polar surface area (TPSA) is 136 Å². The molecule has 8 heteroatoms. The number of fused-ring (bicyclic) bond motifs is 1. The number of nitrogen functional groups attached to an aromatic ring is 1. The number of oxime groups is 1. The van der Waals surface area contributed by atoms with E-state index in [9.17, 15) is 0 Å². The molecule has 0 bridgehead atoms. The lowest BCUT2D eigenvalue weighted by Gasteiger charge is -2.04. The van der Waals surface area contributed by atoms with Gasteiger partial charge in [0.25, 0.3) is 0 Å². The van der Waals surface area contributed by atoms with Gasteiger partial charge in [-0.1, -0.05) is 41.6 Å². The van der Waals surface area contributed by atoms with Gasteiger partial charge in [-0.05, 0) is 17.5 Å². The normalized spacial score (nSPS) is 11.8. The summed E-state index contributed by atoms with van der Waals surface area (Å²) in [6.45, 7) is 0. The fourth-order valence-corrected chi connectivity index (χ4v) is 2.67. The van der Waals surface area contributed by atoms with Gasteiger partial charge in [0.2, 0.25) is 11.8 Å². The van der Waals surface area contributed by atoms with Gasteiger partial charge >= 0.3 is 0 Å². The Morgan fingerprint density at radius 3 is 2.38 bits per heavy atom. The number of aromatic nitrogens is 3. The van der Waals surface area contributed by atoms with Gasteiger partial charge in [0.05, 0.1) is 5.56 Å². The Hall–Kier alpha value is -3.94. The third kappa shape index (κ3) is 2.59. The molecule has 0 aliphatic rings. The number of anilines is 1. The molecule has 0 fully saturated rings. The smallest absolute Gasteiger partial charge is 0.250 e. The molecular formula is C18H14N6O2. The second-order valence-corrected chi connectivity index (χ2v) is 5.58. The first-order valence-corrected chi connectivity index (χ1v) is 7.73. The molecule has 2 heterocycles. The molecular weight excluding hydrogens is 332 g/mol. The molecule has 5 N–H and O–H groups in total.